The Labute approximate surface area is 112 Å². The monoisotopic (exact) mass is 284 g/mol. The number of likely N-dealkylation sites (N-methyl/N-ethyl adjacent to an activating group) is 1. The minimum atomic E-state index is -4.72. The lowest BCUT2D eigenvalue weighted by Gasteiger charge is -2.26. The average Bonchev–Trinajstić information content (AvgIpc) is 2.12. The molecule has 0 bridgehead atoms. The van der Waals surface area contributed by atoms with Crippen molar-refractivity contribution in [3.05, 3.63) is 0 Å². The summed E-state index contributed by atoms with van der Waals surface area (Å²) in [5.74, 6) is -3.87. The number of alkyl halides is 3. The lowest BCUT2D eigenvalue weighted by molar-refractivity contribution is -0.192. The molecule has 2 unspecified atom stereocenters. The summed E-state index contributed by atoms with van der Waals surface area (Å²) in [7, 11) is 3.65. The van der Waals surface area contributed by atoms with Crippen molar-refractivity contribution < 1.29 is 23.1 Å². The molecular formula is C12H23F3N2O2. The zero-order valence-corrected chi connectivity index (χ0v) is 11.8. The fourth-order valence-corrected chi connectivity index (χ4v) is 1.86. The number of nitrogens with zero attached hydrogens (tertiary/aromatic N) is 1. The molecule has 114 valence electrons. The van der Waals surface area contributed by atoms with E-state index in [0.29, 0.717) is 18.9 Å². The first kappa shape index (κ1) is 18.2. The molecule has 0 aliphatic rings. The normalized spacial score (nSPS) is 15.8. The second kappa shape index (κ2) is 7.69. The Bertz CT molecular complexity index is 271. The predicted octanol–water partition coefficient (Wildman–Crippen LogP) is 1.82. The zero-order valence-electron chi connectivity index (χ0n) is 11.8. The van der Waals surface area contributed by atoms with Gasteiger partial charge in [0.2, 0.25) is 0 Å². The number of carbonyl (C=O) groups is 1. The number of rotatable bonds is 8. The van der Waals surface area contributed by atoms with Crippen LogP contribution in [-0.2, 0) is 4.79 Å². The Morgan fingerprint density at radius 3 is 2.16 bits per heavy atom. The van der Waals surface area contributed by atoms with Gasteiger partial charge in [-0.05, 0) is 26.4 Å². The summed E-state index contributed by atoms with van der Waals surface area (Å²) < 4.78 is 37.5. The highest BCUT2D eigenvalue weighted by Gasteiger charge is 2.45. The van der Waals surface area contributed by atoms with E-state index in [1.165, 1.54) is 0 Å². The highest BCUT2D eigenvalue weighted by atomic mass is 19.4. The molecular weight excluding hydrogens is 261 g/mol. The van der Waals surface area contributed by atoms with Crippen molar-refractivity contribution in [2.75, 3.05) is 27.2 Å². The van der Waals surface area contributed by atoms with Gasteiger partial charge in [0, 0.05) is 19.1 Å². The lowest BCUT2D eigenvalue weighted by atomic mass is 10.0. The van der Waals surface area contributed by atoms with Crippen molar-refractivity contribution >= 4 is 5.97 Å². The summed E-state index contributed by atoms with van der Waals surface area (Å²) in [6, 6.07) is -0.154. The number of aliphatic carboxylic acids is 1. The Morgan fingerprint density at radius 1 is 1.32 bits per heavy atom. The van der Waals surface area contributed by atoms with Gasteiger partial charge in [0.25, 0.3) is 0 Å². The minimum absolute atomic E-state index is 0.154. The fraction of sp³-hybridized carbons (Fsp3) is 0.917. The van der Waals surface area contributed by atoms with Gasteiger partial charge in [-0.25, -0.2) is 0 Å². The van der Waals surface area contributed by atoms with Crippen molar-refractivity contribution in [2.24, 2.45) is 11.8 Å². The van der Waals surface area contributed by atoms with E-state index in [4.69, 9.17) is 5.11 Å². The van der Waals surface area contributed by atoms with Crippen molar-refractivity contribution in [2.45, 2.75) is 32.5 Å². The Hall–Kier alpha value is -0.820. The molecule has 0 aromatic carbocycles. The number of carboxylic acids is 1. The van der Waals surface area contributed by atoms with Crippen LogP contribution in [0.2, 0.25) is 0 Å². The lowest BCUT2D eigenvalue weighted by Crippen LogP contribution is -2.46. The van der Waals surface area contributed by atoms with Crippen molar-refractivity contribution in [3.8, 4) is 0 Å². The molecule has 0 aliphatic carbocycles. The van der Waals surface area contributed by atoms with Gasteiger partial charge in [-0.3, -0.25) is 4.79 Å². The van der Waals surface area contributed by atoms with Crippen LogP contribution in [0.15, 0.2) is 0 Å². The van der Waals surface area contributed by atoms with Crippen LogP contribution in [0.5, 0.6) is 0 Å². The van der Waals surface area contributed by atoms with E-state index in [9.17, 15) is 18.0 Å². The zero-order chi connectivity index (χ0) is 15.2. The summed E-state index contributed by atoms with van der Waals surface area (Å²) in [5, 5.41) is 11.3. The highest BCUT2D eigenvalue weighted by Crippen LogP contribution is 2.26. The maximum atomic E-state index is 12.5. The van der Waals surface area contributed by atoms with E-state index in [-0.39, 0.29) is 6.04 Å². The average molecular weight is 284 g/mol. The molecule has 0 aromatic rings. The third-order valence-electron chi connectivity index (χ3n) is 2.65. The second-order valence-electron chi connectivity index (χ2n) is 5.43. The van der Waals surface area contributed by atoms with Crippen LogP contribution in [0.1, 0.15) is 20.3 Å². The summed E-state index contributed by atoms with van der Waals surface area (Å²) in [6.45, 7) is 3.93. The van der Waals surface area contributed by atoms with Gasteiger partial charge in [-0.1, -0.05) is 13.8 Å². The van der Waals surface area contributed by atoms with Crippen molar-refractivity contribution in [1.82, 2.24) is 10.2 Å². The molecule has 0 fully saturated rings. The van der Waals surface area contributed by atoms with Crippen LogP contribution < -0.4 is 5.32 Å². The van der Waals surface area contributed by atoms with Gasteiger partial charge in [-0.15, -0.1) is 0 Å². The Balaban J connectivity index is 4.54. The summed E-state index contributed by atoms with van der Waals surface area (Å²) in [4.78, 5) is 12.5. The van der Waals surface area contributed by atoms with Crippen LogP contribution in [0.25, 0.3) is 0 Å². The van der Waals surface area contributed by atoms with Crippen LogP contribution in [-0.4, -0.2) is 55.4 Å². The second-order valence-corrected chi connectivity index (χ2v) is 5.43. The van der Waals surface area contributed by atoms with E-state index in [1.807, 2.05) is 32.8 Å². The third-order valence-corrected chi connectivity index (χ3v) is 2.65. The summed E-state index contributed by atoms with van der Waals surface area (Å²) in [6.07, 6.45) is -4.03. The first-order valence-electron chi connectivity index (χ1n) is 6.21. The largest absolute Gasteiger partial charge is 0.481 e. The van der Waals surface area contributed by atoms with E-state index in [0.717, 1.165) is 0 Å². The molecule has 2 atom stereocenters. The molecule has 0 aromatic heterocycles. The molecule has 4 nitrogen and oxygen atoms in total. The molecule has 19 heavy (non-hydrogen) atoms. The van der Waals surface area contributed by atoms with Crippen LogP contribution in [0, 0.1) is 11.8 Å². The SMILES string of the molecule is CC(C)CC(CN(C)C)NCC(C(=O)O)C(F)(F)F. The molecule has 0 amide bonds. The van der Waals surface area contributed by atoms with Gasteiger partial charge in [0.1, 0.15) is 0 Å². The highest BCUT2D eigenvalue weighted by molar-refractivity contribution is 5.71. The first-order valence-corrected chi connectivity index (χ1v) is 6.21. The number of carboxylic acid groups (broad SMARTS) is 1. The van der Waals surface area contributed by atoms with Gasteiger partial charge >= 0.3 is 12.1 Å². The van der Waals surface area contributed by atoms with Crippen molar-refractivity contribution in [3.63, 3.8) is 0 Å². The maximum absolute atomic E-state index is 12.5. The van der Waals surface area contributed by atoms with Gasteiger partial charge in [0.15, 0.2) is 5.92 Å². The minimum Gasteiger partial charge on any atom is -0.481 e. The molecule has 0 radical (unpaired) electrons. The Kier molecular flexibility index (Phi) is 7.36. The summed E-state index contributed by atoms with van der Waals surface area (Å²) in [5.41, 5.74) is 0. The molecule has 0 heterocycles. The van der Waals surface area contributed by atoms with E-state index in [2.05, 4.69) is 5.32 Å². The van der Waals surface area contributed by atoms with Crippen LogP contribution in [0.3, 0.4) is 0 Å². The molecule has 0 aliphatic heterocycles. The predicted molar refractivity (Wildman–Crippen MR) is 67.0 cm³/mol. The summed E-state index contributed by atoms with van der Waals surface area (Å²) >= 11 is 0. The molecule has 0 saturated carbocycles. The molecule has 0 saturated heterocycles. The Morgan fingerprint density at radius 2 is 1.84 bits per heavy atom. The third kappa shape index (κ3) is 8.05. The van der Waals surface area contributed by atoms with Crippen LogP contribution >= 0.6 is 0 Å². The van der Waals surface area contributed by atoms with Gasteiger partial charge in [-0.2, -0.15) is 13.2 Å². The molecule has 0 rings (SSSR count). The number of hydrogen-bond acceptors (Lipinski definition) is 3. The molecule has 7 heteroatoms. The quantitative estimate of drug-likeness (QED) is 0.714. The fourth-order valence-electron chi connectivity index (χ4n) is 1.86. The van der Waals surface area contributed by atoms with E-state index < -0.39 is 24.6 Å². The number of halogens is 3. The van der Waals surface area contributed by atoms with E-state index >= 15 is 0 Å². The van der Waals surface area contributed by atoms with Gasteiger partial charge in [0.05, 0.1) is 0 Å². The molecule has 0 spiro atoms. The number of nitrogens with one attached hydrogen (secondary N) is 1. The van der Waals surface area contributed by atoms with E-state index in [1.54, 1.807) is 0 Å². The maximum Gasteiger partial charge on any atom is 0.403 e. The van der Waals surface area contributed by atoms with Crippen LogP contribution in [0.4, 0.5) is 13.2 Å². The topological polar surface area (TPSA) is 52.6 Å². The first-order chi connectivity index (χ1) is 8.54. The standard InChI is InChI=1S/C12H23F3N2O2/c1-8(2)5-9(7-17(3)4)16-6-10(11(18)19)12(13,14)15/h8-10,16H,5-7H2,1-4H3,(H,18,19). The number of hydrogen-bond donors (Lipinski definition) is 2. The smallest absolute Gasteiger partial charge is 0.403 e. The van der Waals surface area contributed by atoms with Gasteiger partial charge < -0.3 is 15.3 Å². The van der Waals surface area contributed by atoms with Crippen molar-refractivity contribution in [1.29, 1.82) is 0 Å². The molecule has 2 N–H and O–H groups in total.